The lowest BCUT2D eigenvalue weighted by Crippen LogP contribution is -1.98. The first-order chi connectivity index (χ1) is 9.08. The molecule has 0 spiro atoms. The lowest BCUT2D eigenvalue weighted by Gasteiger charge is -2.08. The van der Waals surface area contributed by atoms with Gasteiger partial charge < -0.3 is 10.2 Å². The average molecular weight is 276 g/mol. The van der Waals surface area contributed by atoms with Crippen LogP contribution >= 0.6 is 11.3 Å². The van der Waals surface area contributed by atoms with Crippen molar-refractivity contribution in [3.63, 3.8) is 0 Å². The van der Waals surface area contributed by atoms with Crippen molar-refractivity contribution in [2.24, 2.45) is 0 Å². The van der Waals surface area contributed by atoms with Gasteiger partial charge in [0.2, 0.25) is 0 Å². The first-order valence-corrected chi connectivity index (χ1v) is 6.76. The summed E-state index contributed by atoms with van der Waals surface area (Å²) >= 11 is 1.19. The van der Waals surface area contributed by atoms with Crippen molar-refractivity contribution in [3.8, 4) is 10.6 Å². The molecule has 1 aliphatic carbocycles. The summed E-state index contributed by atoms with van der Waals surface area (Å²) in [6, 6.07) is 3.33. The number of nitrogens with zero attached hydrogens (tertiary/aromatic N) is 2. The number of fused-ring (bicyclic) bond motifs is 1. The second-order valence-corrected chi connectivity index (χ2v) is 5.73. The molecule has 0 unspecified atom stereocenters. The topological polar surface area (TPSA) is 83.3 Å². The number of carboxylic acid groups (broad SMARTS) is 1. The number of rotatable bonds is 2. The fourth-order valence-electron chi connectivity index (χ4n) is 2.50. The fourth-order valence-corrected chi connectivity index (χ4v) is 3.36. The smallest absolute Gasteiger partial charge is 0.345 e. The maximum atomic E-state index is 10.9. The summed E-state index contributed by atoms with van der Waals surface area (Å²) in [5, 5.41) is 18.9. The monoisotopic (exact) mass is 276 g/mol. The van der Waals surface area contributed by atoms with E-state index in [1.54, 1.807) is 12.1 Å². The van der Waals surface area contributed by atoms with Crippen molar-refractivity contribution in [1.82, 2.24) is 9.97 Å². The number of aromatic carboxylic acids is 1. The lowest BCUT2D eigenvalue weighted by molar-refractivity contribution is 0.0702. The Balaban J connectivity index is 2.13. The van der Waals surface area contributed by atoms with E-state index in [2.05, 4.69) is 9.97 Å². The number of aliphatic hydroxyl groups excluding tert-OH is 1. The highest BCUT2D eigenvalue weighted by atomic mass is 32.1. The molecule has 6 heteroatoms. The van der Waals surface area contributed by atoms with Gasteiger partial charge in [-0.1, -0.05) is 6.92 Å². The van der Waals surface area contributed by atoms with Crippen molar-refractivity contribution in [3.05, 3.63) is 34.6 Å². The van der Waals surface area contributed by atoms with E-state index < -0.39 is 12.1 Å². The summed E-state index contributed by atoms with van der Waals surface area (Å²) in [7, 11) is 0. The van der Waals surface area contributed by atoms with Gasteiger partial charge in [0.25, 0.3) is 0 Å². The van der Waals surface area contributed by atoms with Gasteiger partial charge in [0.15, 0.2) is 0 Å². The van der Waals surface area contributed by atoms with Gasteiger partial charge in [-0.3, -0.25) is 0 Å². The summed E-state index contributed by atoms with van der Waals surface area (Å²) in [4.78, 5) is 20.4. The van der Waals surface area contributed by atoms with Crippen molar-refractivity contribution in [1.29, 1.82) is 0 Å². The van der Waals surface area contributed by atoms with E-state index in [-0.39, 0.29) is 10.8 Å². The third kappa shape index (κ3) is 1.93. The van der Waals surface area contributed by atoms with E-state index in [4.69, 9.17) is 5.11 Å². The maximum absolute atomic E-state index is 10.9. The second kappa shape index (κ2) is 4.40. The summed E-state index contributed by atoms with van der Waals surface area (Å²) in [5.74, 6) is -0.758. The van der Waals surface area contributed by atoms with E-state index in [0.29, 0.717) is 12.1 Å². The highest BCUT2D eigenvalue weighted by Crippen LogP contribution is 2.43. The van der Waals surface area contributed by atoms with Crippen LogP contribution in [-0.4, -0.2) is 26.2 Å². The minimum Gasteiger partial charge on any atom is -0.477 e. The maximum Gasteiger partial charge on any atom is 0.345 e. The Morgan fingerprint density at radius 1 is 1.42 bits per heavy atom. The van der Waals surface area contributed by atoms with Gasteiger partial charge >= 0.3 is 5.97 Å². The molecular weight excluding hydrogens is 264 g/mol. The minimum atomic E-state index is -0.935. The number of aliphatic hydroxyl groups is 1. The minimum absolute atomic E-state index is 0.177. The quantitative estimate of drug-likeness (QED) is 0.880. The van der Waals surface area contributed by atoms with E-state index >= 15 is 0 Å². The molecule has 0 fully saturated rings. The van der Waals surface area contributed by atoms with Gasteiger partial charge in [-0.15, -0.1) is 11.3 Å². The van der Waals surface area contributed by atoms with Crippen LogP contribution in [-0.2, 0) is 0 Å². The lowest BCUT2D eigenvalue weighted by atomic mass is 10.0. The van der Waals surface area contributed by atoms with Gasteiger partial charge in [-0.2, -0.15) is 0 Å². The third-order valence-electron chi connectivity index (χ3n) is 3.35. The molecule has 98 valence electrons. The first kappa shape index (κ1) is 12.3. The normalized spacial score (nSPS) is 21.4. The Kier molecular flexibility index (Phi) is 2.83. The van der Waals surface area contributed by atoms with Crippen LogP contribution in [0.25, 0.3) is 10.6 Å². The molecule has 1 aliphatic rings. The Labute approximate surface area is 113 Å². The number of carbonyl (C=O) groups is 1. The van der Waals surface area contributed by atoms with Crippen molar-refractivity contribution < 1.29 is 15.0 Å². The molecular formula is C13H12N2O3S. The Bertz CT molecular complexity index is 653. The highest BCUT2D eigenvalue weighted by molar-refractivity contribution is 7.17. The zero-order valence-electron chi connectivity index (χ0n) is 10.2. The summed E-state index contributed by atoms with van der Waals surface area (Å²) in [6.07, 6.45) is 1.51. The predicted octanol–water partition coefficient (Wildman–Crippen LogP) is 2.44. The van der Waals surface area contributed by atoms with Crippen LogP contribution in [0.15, 0.2) is 18.5 Å². The molecule has 2 heterocycles. The van der Waals surface area contributed by atoms with Crippen LogP contribution in [0.3, 0.4) is 0 Å². The number of hydrogen-bond acceptors (Lipinski definition) is 5. The van der Waals surface area contributed by atoms with Gasteiger partial charge in [0.05, 0.1) is 22.4 Å². The fraction of sp³-hybridized carbons (Fsp3) is 0.308. The van der Waals surface area contributed by atoms with Gasteiger partial charge in [0.1, 0.15) is 11.2 Å². The Morgan fingerprint density at radius 2 is 2.21 bits per heavy atom. The Hall–Kier alpha value is -1.79. The number of hydrogen-bond donors (Lipinski definition) is 2. The van der Waals surface area contributed by atoms with E-state index in [0.717, 1.165) is 16.1 Å². The molecule has 2 N–H and O–H groups in total. The van der Waals surface area contributed by atoms with Crippen molar-refractivity contribution in [2.45, 2.75) is 25.4 Å². The molecule has 2 aromatic rings. The molecule has 0 saturated carbocycles. The van der Waals surface area contributed by atoms with E-state index in [1.807, 2.05) is 6.92 Å². The number of carboxylic acids is 1. The van der Waals surface area contributed by atoms with Gasteiger partial charge in [0, 0.05) is 5.56 Å². The zero-order chi connectivity index (χ0) is 13.6. The summed E-state index contributed by atoms with van der Waals surface area (Å²) in [6.45, 7) is 2.02. The summed E-state index contributed by atoms with van der Waals surface area (Å²) < 4.78 is 0. The van der Waals surface area contributed by atoms with Crippen LogP contribution < -0.4 is 0 Å². The van der Waals surface area contributed by atoms with Crippen LogP contribution in [0.5, 0.6) is 0 Å². The number of thiophene rings is 1. The average Bonchev–Trinajstić information content (AvgIpc) is 2.96. The van der Waals surface area contributed by atoms with E-state index in [9.17, 15) is 9.90 Å². The largest absolute Gasteiger partial charge is 0.477 e. The van der Waals surface area contributed by atoms with Gasteiger partial charge in [-0.25, -0.2) is 14.8 Å². The van der Waals surface area contributed by atoms with Crippen molar-refractivity contribution in [2.75, 3.05) is 0 Å². The Morgan fingerprint density at radius 3 is 2.89 bits per heavy atom. The highest BCUT2D eigenvalue weighted by Gasteiger charge is 2.31. The molecule has 0 amide bonds. The molecule has 5 nitrogen and oxygen atoms in total. The molecule has 2 atom stereocenters. The molecule has 0 saturated heterocycles. The molecule has 0 radical (unpaired) electrons. The standard InChI is InChI=1S/C13H12N2O3S/c1-6-4-7(16)11-10(6)12(15-5-14-11)8-2-3-9(19-8)13(17)18/h2-3,5-7,16H,4H2,1H3,(H,17,18)/t6-,7+/m1/s1. The van der Waals surface area contributed by atoms with Gasteiger partial charge in [-0.05, 0) is 24.5 Å². The predicted molar refractivity (Wildman–Crippen MR) is 70.3 cm³/mol. The molecule has 0 bridgehead atoms. The molecule has 0 aliphatic heterocycles. The van der Waals surface area contributed by atoms with Crippen LogP contribution in [0, 0.1) is 0 Å². The van der Waals surface area contributed by atoms with Crippen LogP contribution in [0.4, 0.5) is 0 Å². The molecule has 3 rings (SSSR count). The summed E-state index contributed by atoms with van der Waals surface area (Å²) in [5.41, 5.74) is 2.35. The third-order valence-corrected chi connectivity index (χ3v) is 4.43. The van der Waals surface area contributed by atoms with Crippen LogP contribution in [0.2, 0.25) is 0 Å². The SMILES string of the molecule is C[C@@H]1C[C@H](O)c2ncnc(-c3ccc(C(=O)O)s3)c21. The van der Waals surface area contributed by atoms with E-state index in [1.165, 1.54) is 17.7 Å². The zero-order valence-corrected chi connectivity index (χ0v) is 11.0. The molecule has 0 aromatic carbocycles. The van der Waals surface area contributed by atoms with Crippen LogP contribution in [0.1, 0.15) is 46.3 Å². The molecule has 2 aromatic heterocycles. The van der Waals surface area contributed by atoms with Crippen molar-refractivity contribution >= 4 is 17.3 Å². The second-order valence-electron chi connectivity index (χ2n) is 4.64. The number of aromatic nitrogens is 2. The first-order valence-electron chi connectivity index (χ1n) is 5.94. The molecule has 19 heavy (non-hydrogen) atoms.